The molecule has 28 heavy (non-hydrogen) atoms. The van der Waals surface area contributed by atoms with E-state index >= 15 is 0 Å². The molecule has 0 aliphatic carbocycles. The molecule has 3 aromatic rings. The Morgan fingerprint density at radius 3 is 2.54 bits per heavy atom. The molecular formula is C23H23N3OS. The highest BCUT2D eigenvalue weighted by molar-refractivity contribution is 8.00. The largest absolute Gasteiger partial charge is 0.326 e. The van der Waals surface area contributed by atoms with Gasteiger partial charge in [-0.1, -0.05) is 48.0 Å². The normalized spacial score (nSPS) is 10.5. The summed E-state index contributed by atoms with van der Waals surface area (Å²) in [6.07, 6.45) is 0. The van der Waals surface area contributed by atoms with E-state index in [1.807, 2.05) is 73.9 Å². The third-order valence-corrected chi connectivity index (χ3v) is 5.74. The Bertz CT molecular complexity index is 1030. The van der Waals surface area contributed by atoms with Gasteiger partial charge >= 0.3 is 0 Å². The van der Waals surface area contributed by atoms with Gasteiger partial charge in [-0.25, -0.2) is 0 Å². The molecule has 1 amide bonds. The maximum Gasteiger partial charge on any atom is 0.235 e. The van der Waals surface area contributed by atoms with Crippen molar-refractivity contribution < 1.29 is 4.79 Å². The average molecular weight is 390 g/mol. The molecular weight excluding hydrogens is 366 g/mol. The van der Waals surface area contributed by atoms with E-state index in [4.69, 9.17) is 0 Å². The van der Waals surface area contributed by atoms with Crippen molar-refractivity contribution in [2.24, 2.45) is 0 Å². The number of hydrogen-bond donors (Lipinski definition) is 1. The summed E-state index contributed by atoms with van der Waals surface area (Å²) in [4.78, 5) is 13.7. The number of anilines is 1. The van der Waals surface area contributed by atoms with Crippen LogP contribution in [0.2, 0.25) is 0 Å². The van der Waals surface area contributed by atoms with Gasteiger partial charge in [-0.05, 0) is 44.0 Å². The smallest absolute Gasteiger partial charge is 0.235 e. The van der Waals surface area contributed by atoms with Crippen LogP contribution in [0.5, 0.6) is 0 Å². The van der Waals surface area contributed by atoms with E-state index in [1.54, 1.807) is 0 Å². The lowest BCUT2D eigenvalue weighted by atomic mass is 10.2. The number of nitrogens with zero attached hydrogens (tertiary/aromatic N) is 2. The number of amides is 1. The van der Waals surface area contributed by atoms with Crippen LogP contribution in [-0.2, 0) is 11.3 Å². The molecule has 3 rings (SSSR count). The number of carbonyl (C=O) groups is 1. The van der Waals surface area contributed by atoms with Crippen LogP contribution in [0, 0.1) is 32.1 Å². The SMILES string of the molecule is Cc1cccc(SCC(=O)Nc2c(C#N)c(C)c(C)n2Cc2ccccc2)c1. The first-order chi connectivity index (χ1) is 13.5. The third kappa shape index (κ3) is 4.47. The summed E-state index contributed by atoms with van der Waals surface area (Å²) in [5.74, 6) is 0.758. The Labute approximate surface area is 170 Å². The molecule has 4 nitrogen and oxygen atoms in total. The fourth-order valence-corrected chi connectivity index (χ4v) is 3.93. The molecule has 0 atom stereocenters. The summed E-state index contributed by atoms with van der Waals surface area (Å²) >= 11 is 1.49. The van der Waals surface area contributed by atoms with Gasteiger partial charge in [0.25, 0.3) is 0 Å². The van der Waals surface area contributed by atoms with Crippen molar-refractivity contribution in [3.8, 4) is 6.07 Å². The minimum atomic E-state index is -0.116. The standard InChI is InChI=1S/C23H23N3OS/c1-16-8-7-11-20(12-16)28-15-22(27)25-23-21(13-24)17(2)18(3)26(23)14-19-9-5-4-6-10-19/h4-12H,14-15H2,1-3H3,(H,25,27). The number of benzene rings is 2. The molecule has 0 fully saturated rings. The Balaban J connectivity index is 1.81. The zero-order valence-electron chi connectivity index (χ0n) is 16.3. The highest BCUT2D eigenvalue weighted by atomic mass is 32.2. The molecule has 1 heterocycles. The summed E-state index contributed by atoms with van der Waals surface area (Å²) in [5, 5.41) is 12.6. The predicted molar refractivity (Wildman–Crippen MR) is 115 cm³/mol. The molecule has 1 N–H and O–H groups in total. The maximum absolute atomic E-state index is 12.6. The Hall–Kier alpha value is -2.97. The molecule has 0 aliphatic rings. The van der Waals surface area contributed by atoms with E-state index in [2.05, 4.69) is 17.5 Å². The monoisotopic (exact) mass is 389 g/mol. The van der Waals surface area contributed by atoms with Gasteiger partial charge in [0.1, 0.15) is 11.9 Å². The minimum Gasteiger partial charge on any atom is -0.326 e. The summed E-state index contributed by atoms with van der Waals surface area (Å²) in [7, 11) is 0. The molecule has 0 bridgehead atoms. The van der Waals surface area contributed by atoms with Crippen molar-refractivity contribution in [1.82, 2.24) is 4.57 Å². The number of thioether (sulfide) groups is 1. The highest BCUT2D eigenvalue weighted by Gasteiger charge is 2.19. The molecule has 142 valence electrons. The van der Waals surface area contributed by atoms with Crippen LogP contribution in [0.15, 0.2) is 59.5 Å². The molecule has 0 saturated carbocycles. The Morgan fingerprint density at radius 1 is 1.11 bits per heavy atom. The summed E-state index contributed by atoms with van der Waals surface area (Å²) in [6.45, 7) is 6.55. The zero-order valence-corrected chi connectivity index (χ0v) is 17.1. The summed E-state index contributed by atoms with van der Waals surface area (Å²) < 4.78 is 2.01. The Morgan fingerprint density at radius 2 is 1.86 bits per heavy atom. The van der Waals surface area contributed by atoms with Crippen molar-refractivity contribution in [3.63, 3.8) is 0 Å². The molecule has 5 heteroatoms. The number of aromatic nitrogens is 1. The van der Waals surface area contributed by atoms with E-state index in [1.165, 1.54) is 17.3 Å². The van der Waals surface area contributed by atoms with Crippen molar-refractivity contribution in [1.29, 1.82) is 5.26 Å². The van der Waals surface area contributed by atoms with Gasteiger partial charge in [0.15, 0.2) is 0 Å². The van der Waals surface area contributed by atoms with Gasteiger partial charge in [0, 0.05) is 17.1 Å². The van der Waals surface area contributed by atoms with Crippen molar-refractivity contribution >= 4 is 23.5 Å². The third-order valence-electron chi connectivity index (χ3n) is 4.74. The summed E-state index contributed by atoms with van der Waals surface area (Å²) in [6, 6.07) is 20.4. The van der Waals surface area contributed by atoms with Crippen LogP contribution < -0.4 is 5.32 Å². The lowest BCUT2D eigenvalue weighted by molar-refractivity contribution is -0.113. The topological polar surface area (TPSA) is 57.8 Å². The van der Waals surface area contributed by atoms with Gasteiger partial charge in [-0.15, -0.1) is 11.8 Å². The second kappa shape index (κ2) is 8.81. The summed E-state index contributed by atoms with van der Waals surface area (Å²) in [5.41, 5.74) is 4.71. The number of aryl methyl sites for hydroxylation is 1. The van der Waals surface area contributed by atoms with E-state index in [0.29, 0.717) is 23.7 Å². The van der Waals surface area contributed by atoms with Crippen LogP contribution in [0.25, 0.3) is 0 Å². The molecule has 0 spiro atoms. The molecule has 0 aliphatic heterocycles. The number of nitrogens with one attached hydrogen (secondary N) is 1. The van der Waals surface area contributed by atoms with Crippen LogP contribution in [0.3, 0.4) is 0 Å². The second-order valence-electron chi connectivity index (χ2n) is 6.77. The van der Waals surface area contributed by atoms with Crippen molar-refractivity contribution in [3.05, 3.63) is 82.5 Å². The van der Waals surface area contributed by atoms with E-state index in [-0.39, 0.29) is 5.91 Å². The van der Waals surface area contributed by atoms with Gasteiger partial charge in [-0.2, -0.15) is 5.26 Å². The lowest BCUT2D eigenvalue weighted by Gasteiger charge is -2.13. The van der Waals surface area contributed by atoms with Crippen LogP contribution in [0.4, 0.5) is 5.82 Å². The molecule has 1 aromatic heterocycles. The Kier molecular flexibility index (Phi) is 6.23. The van der Waals surface area contributed by atoms with Gasteiger partial charge in [-0.3, -0.25) is 4.79 Å². The maximum atomic E-state index is 12.6. The van der Waals surface area contributed by atoms with E-state index < -0.39 is 0 Å². The number of nitriles is 1. The molecule has 0 radical (unpaired) electrons. The molecule has 0 saturated heterocycles. The predicted octanol–water partition coefficient (Wildman–Crippen LogP) is 5.06. The number of carbonyl (C=O) groups excluding carboxylic acids is 1. The average Bonchev–Trinajstić information content (AvgIpc) is 2.91. The van der Waals surface area contributed by atoms with E-state index in [9.17, 15) is 10.1 Å². The first kappa shape index (κ1) is 19.8. The quantitative estimate of drug-likeness (QED) is 0.599. The van der Waals surface area contributed by atoms with Crippen LogP contribution in [-0.4, -0.2) is 16.2 Å². The van der Waals surface area contributed by atoms with Crippen molar-refractivity contribution in [2.75, 3.05) is 11.1 Å². The fraction of sp³-hybridized carbons (Fsp3) is 0.217. The second-order valence-corrected chi connectivity index (χ2v) is 7.82. The van der Waals surface area contributed by atoms with Crippen molar-refractivity contribution in [2.45, 2.75) is 32.2 Å². The molecule has 0 unspecified atom stereocenters. The number of hydrogen-bond acceptors (Lipinski definition) is 3. The zero-order chi connectivity index (χ0) is 20.1. The van der Waals surface area contributed by atoms with Gasteiger partial charge in [0.2, 0.25) is 5.91 Å². The molecule has 2 aromatic carbocycles. The van der Waals surface area contributed by atoms with Crippen LogP contribution >= 0.6 is 11.8 Å². The number of rotatable bonds is 6. The highest BCUT2D eigenvalue weighted by Crippen LogP contribution is 2.28. The van der Waals surface area contributed by atoms with Crippen LogP contribution in [0.1, 0.15) is 27.9 Å². The fourth-order valence-electron chi connectivity index (χ4n) is 3.12. The lowest BCUT2D eigenvalue weighted by Crippen LogP contribution is -2.18. The first-order valence-corrected chi connectivity index (χ1v) is 10.1. The minimum absolute atomic E-state index is 0.116. The van der Waals surface area contributed by atoms with Gasteiger partial charge < -0.3 is 9.88 Å². The van der Waals surface area contributed by atoms with E-state index in [0.717, 1.165) is 21.7 Å². The first-order valence-electron chi connectivity index (χ1n) is 9.12. The van der Waals surface area contributed by atoms with Gasteiger partial charge in [0.05, 0.1) is 11.3 Å².